The minimum atomic E-state index is -2.89. The van der Waals surface area contributed by atoms with Gasteiger partial charge in [0, 0.05) is 53.8 Å². The first kappa shape index (κ1) is 34.3. The van der Waals surface area contributed by atoms with Crippen LogP contribution >= 0.6 is 11.6 Å². The van der Waals surface area contributed by atoms with Gasteiger partial charge in [0.05, 0.1) is 24.3 Å². The van der Waals surface area contributed by atoms with Crippen LogP contribution in [0.25, 0.3) is 0 Å². The maximum atomic E-state index is 14.9. The van der Waals surface area contributed by atoms with E-state index in [-0.39, 0.29) is 59.1 Å². The van der Waals surface area contributed by atoms with Crippen LogP contribution in [0.4, 0.5) is 20.3 Å². The van der Waals surface area contributed by atoms with E-state index in [1.54, 1.807) is 48.5 Å². The van der Waals surface area contributed by atoms with Gasteiger partial charge in [0.15, 0.2) is 0 Å². The van der Waals surface area contributed by atoms with E-state index in [1.165, 1.54) is 28.1 Å². The second-order valence-electron chi connectivity index (χ2n) is 12.6. The highest BCUT2D eigenvalue weighted by molar-refractivity contribution is 6.31. The molecular formula is C36H36ClF2N5O5. The van der Waals surface area contributed by atoms with Crippen LogP contribution in [-0.4, -0.2) is 60.0 Å². The number of carbonyl (C=O) groups is 3. The maximum Gasteiger partial charge on any atom is 0.252 e. The van der Waals surface area contributed by atoms with Crippen molar-refractivity contribution in [2.75, 3.05) is 23.0 Å². The third kappa shape index (κ3) is 7.84. The first-order valence-electron chi connectivity index (χ1n) is 16.4. The van der Waals surface area contributed by atoms with Crippen molar-refractivity contribution in [3.05, 3.63) is 83.0 Å². The van der Waals surface area contributed by atoms with Gasteiger partial charge in [-0.1, -0.05) is 48.7 Å². The van der Waals surface area contributed by atoms with E-state index < -0.39 is 48.7 Å². The Morgan fingerprint density at radius 1 is 1.08 bits per heavy atom. The van der Waals surface area contributed by atoms with Crippen LogP contribution in [0, 0.1) is 11.3 Å². The Hall–Kier alpha value is -4.60. The Morgan fingerprint density at radius 2 is 1.86 bits per heavy atom. The number of nitriles is 1. The monoisotopic (exact) mass is 691 g/mol. The van der Waals surface area contributed by atoms with E-state index in [4.69, 9.17) is 21.1 Å². The molecule has 0 bridgehead atoms. The molecule has 1 saturated heterocycles. The zero-order valence-electron chi connectivity index (χ0n) is 26.7. The van der Waals surface area contributed by atoms with Gasteiger partial charge in [0.1, 0.15) is 30.3 Å². The molecule has 49 heavy (non-hydrogen) atoms. The molecule has 2 atom stereocenters. The van der Waals surface area contributed by atoms with Gasteiger partial charge in [-0.15, -0.1) is 0 Å². The second kappa shape index (κ2) is 14.9. The molecule has 1 aromatic heterocycles. The first-order valence-corrected chi connectivity index (χ1v) is 16.8. The molecule has 2 aliphatic carbocycles. The Bertz CT molecular complexity index is 1740. The second-order valence-corrected chi connectivity index (χ2v) is 13.0. The molecule has 0 radical (unpaired) electrons. The zero-order chi connectivity index (χ0) is 34.5. The standard InChI is InChI=1S/C36H36ClF2N5O5/c37-29-11-4-3-10-28(29)33(34(46)42-24-20-36(38,39)21-24)43(25-6-5-9-27(19-25)49-17-16-48-26-7-1-2-8-26)35(47)30-12-13-32(45)44(30)31-18-23(22-40)14-15-41-31/h3-6,9-11,14-15,18-19,24,26,30,33H,1-2,7-8,12-13,16-17,20-21H2,(H,42,46)/t30-,33-/m0/s1. The van der Waals surface area contributed by atoms with Crippen LogP contribution in [0.15, 0.2) is 66.9 Å². The Balaban J connectivity index is 1.37. The molecule has 3 aromatic rings. The summed E-state index contributed by atoms with van der Waals surface area (Å²) in [7, 11) is 0. The van der Waals surface area contributed by atoms with Crippen molar-refractivity contribution in [2.24, 2.45) is 0 Å². The summed E-state index contributed by atoms with van der Waals surface area (Å²) in [5.41, 5.74) is 0.772. The summed E-state index contributed by atoms with van der Waals surface area (Å²) in [6.07, 6.45) is 5.00. The number of benzene rings is 2. The number of pyridine rings is 1. The van der Waals surface area contributed by atoms with Gasteiger partial charge in [0.2, 0.25) is 11.8 Å². The highest BCUT2D eigenvalue weighted by Crippen LogP contribution is 2.40. The summed E-state index contributed by atoms with van der Waals surface area (Å²) in [5.74, 6) is -4.08. The molecule has 1 aliphatic heterocycles. The van der Waals surface area contributed by atoms with Crippen molar-refractivity contribution >= 4 is 40.8 Å². The summed E-state index contributed by atoms with van der Waals surface area (Å²) in [6.45, 7) is 0.631. The van der Waals surface area contributed by atoms with Crippen molar-refractivity contribution in [3.63, 3.8) is 0 Å². The van der Waals surface area contributed by atoms with Crippen LogP contribution < -0.4 is 19.9 Å². The summed E-state index contributed by atoms with van der Waals surface area (Å²) in [5, 5.41) is 12.4. The highest BCUT2D eigenvalue weighted by atomic mass is 35.5. The molecule has 0 unspecified atom stereocenters. The third-order valence-electron chi connectivity index (χ3n) is 9.10. The fraction of sp³-hybridized carbons (Fsp3) is 0.417. The normalized spacial score (nSPS) is 19.6. The number of alkyl halides is 2. The van der Waals surface area contributed by atoms with E-state index in [0.29, 0.717) is 12.4 Å². The molecule has 6 rings (SSSR count). The number of amides is 3. The van der Waals surface area contributed by atoms with Gasteiger partial charge < -0.3 is 14.8 Å². The fourth-order valence-electron chi connectivity index (χ4n) is 6.68. The summed E-state index contributed by atoms with van der Waals surface area (Å²) in [4.78, 5) is 49.1. The minimum absolute atomic E-state index is 0.0208. The number of halogens is 3. The number of carbonyl (C=O) groups excluding carboxylic acids is 3. The molecule has 0 spiro atoms. The van der Waals surface area contributed by atoms with Crippen LogP contribution in [0.3, 0.4) is 0 Å². The molecule has 13 heteroatoms. The molecule has 3 aliphatic rings. The predicted molar refractivity (Wildman–Crippen MR) is 177 cm³/mol. The lowest BCUT2D eigenvalue weighted by molar-refractivity contribution is -0.133. The molecule has 2 heterocycles. The molecule has 2 saturated carbocycles. The molecule has 3 fully saturated rings. The smallest absolute Gasteiger partial charge is 0.252 e. The Labute approximate surface area is 287 Å². The average Bonchev–Trinajstić information content (AvgIpc) is 3.75. The molecule has 1 N–H and O–H groups in total. The molecule has 10 nitrogen and oxygen atoms in total. The summed E-state index contributed by atoms with van der Waals surface area (Å²) >= 11 is 6.66. The van der Waals surface area contributed by atoms with E-state index in [0.717, 1.165) is 25.7 Å². The SMILES string of the molecule is N#Cc1ccnc(N2C(=O)CC[C@H]2C(=O)N(c2cccc(OCCOC3CCCC3)c2)[C@H](C(=O)NC2CC(F)(F)C2)c2ccccc2Cl)c1. The van der Waals surface area contributed by atoms with Crippen LogP contribution in [-0.2, 0) is 19.1 Å². The van der Waals surface area contributed by atoms with Gasteiger partial charge in [-0.3, -0.25) is 24.2 Å². The lowest BCUT2D eigenvalue weighted by Gasteiger charge is -2.39. The maximum absolute atomic E-state index is 14.9. The Morgan fingerprint density at radius 3 is 2.59 bits per heavy atom. The minimum Gasteiger partial charge on any atom is -0.491 e. The molecule has 3 amide bonds. The Kier molecular flexibility index (Phi) is 10.4. The number of ether oxygens (including phenoxy) is 2. The van der Waals surface area contributed by atoms with Crippen molar-refractivity contribution in [1.29, 1.82) is 5.26 Å². The van der Waals surface area contributed by atoms with Crippen molar-refractivity contribution < 1.29 is 32.6 Å². The molecule has 2 aromatic carbocycles. The van der Waals surface area contributed by atoms with E-state index in [9.17, 15) is 28.4 Å². The average molecular weight is 692 g/mol. The van der Waals surface area contributed by atoms with E-state index in [2.05, 4.69) is 10.3 Å². The lowest BCUT2D eigenvalue weighted by atomic mass is 9.87. The molecule has 256 valence electrons. The van der Waals surface area contributed by atoms with E-state index in [1.807, 2.05) is 6.07 Å². The van der Waals surface area contributed by atoms with Gasteiger partial charge in [-0.25, -0.2) is 13.8 Å². The number of anilines is 2. The number of hydrogen-bond donors (Lipinski definition) is 1. The van der Waals surface area contributed by atoms with Crippen molar-refractivity contribution in [2.45, 2.75) is 81.5 Å². The molecular weight excluding hydrogens is 656 g/mol. The quantitative estimate of drug-likeness (QED) is 0.227. The van der Waals surface area contributed by atoms with Gasteiger partial charge in [-0.2, -0.15) is 5.26 Å². The predicted octanol–water partition coefficient (Wildman–Crippen LogP) is 6.13. The van der Waals surface area contributed by atoms with Crippen LogP contribution in [0.5, 0.6) is 5.75 Å². The van der Waals surface area contributed by atoms with Gasteiger partial charge in [0.25, 0.3) is 11.8 Å². The van der Waals surface area contributed by atoms with Crippen LogP contribution in [0.2, 0.25) is 5.02 Å². The van der Waals surface area contributed by atoms with E-state index >= 15 is 0 Å². The number of nitrogens with one attached hydrogen (secondary N) is 1. The zero-order valence-corrected chi connectivity index (χ0v) is 27.5. The fourth-order valence-corrected chi connectivity index (χ4v) is 6.92. The number of hydrogen-bond acceptors (Lipinski definition) is 7. The summed E-state index contributed by atoms with van der Waals surface area (Å²) in [6, 6.07) is 14.7. The summed E-state index contributed by atoms with van der Waals surface area (Å²) < 4.78 is 39.6. The van der Waals surface area contributed by atoms with Crippen LogP contribution in [0.1, 0.15) is 68.5 Å². The third-order valence-corrected chi connectivity index (χ3v) is 9.45. The topological polar surface area (TPSA) is 125 Å². The van der Waals surface area contributed by atoms with Gasteiger partial charge in [-0.05, 0) is 49.6 Å². The first-order chi connectivity index (χ1) is 23.6. The highest BCUT2D eigenvalue weighted by Gasteiger charge is 2.48. The lowest BCUT2D eigenvalue weighted by Crippen LogP contribution is -2.56. The number of nitrogens with zero attached hydrogens (tertiary/aromatic N) is 4. The van der Waals surface area contributed by atoms with Gasteiger partial charge >= 0.3 is 0 Å². The number of aromatic nitrogens is 1. The number of rotatable bonds is 12. The van der Waals surface area contributed by atoms with Crippen molar-refractivity contribution in [1.82, 2.24) is 10.3 Å². The van der Waals surface area contributed by atoms with Crippen molar-refractivity contribution in [3.8, 4) is 11.8 Å². The largest absolute Gasteiger partial charge is 0.491 e.